The summed E-state index contributed by atoms with van der Waals surface area (Å²) in [6.45, 7) is 4.25. The third kappa shape index (κ3) is 7.08. The molecule has 7 heteroatoms. The minimum Gasteiger partial charge on any atom is -0.449 e. The Balaban J connectivity index is 2.24. The van der Waals surface area contributed by atoms with Crippen molar-refractivity contribution in [2.75, 3.05) is 6.61 Å². The predicted octanol–water partition coefficient (Wildman–Crippen LogP) is 2.81. The number of halogens is 1. The average molecular weight is 301 g/mol. The zero-order chi connectivity index (χ0) is 15.7. The highest BCUT2D eigenvalue weighted by Crippen LogP contribution is 2.16. The molecular formula is C14H24FN3O3. The van der Waals surface area contributed by atoms with Crippen LogP contribution in [0.25, 0.3) is 0 Å². The quantitative estimate of drug-likeness (QED) is 0.383. The maximum absolute atomic E-state index is 13.6. The topological polar surface area (TPSA) is 83.4 Å². The van der Waals surface area contributed by atoms with Gasteiger partial charge in [-0.05, 0) is 26.2 Å². The van der Waals surface area contributed by atoms with E-state index in [1.54, 1.807) is 0 Å². The lowest BCUT2D eigenvalue weighted by Gasteiger charge is -2.11. The summed E-state index contributed by atoms with van der Waals surface area (Å²) in [4.78, 5) is 11.3. The van der Waals surface area contributed by atoms with Gasteiger partial charge in [-0.15, -0.1) is 0 Å². The molecule has 1 heterocycles. The van der Waals surface area contributed by atoms with E-state index in [0.717, 1.165) is 38.3 Å². The molecule has 0 aromatic carbocycles. The molecule has 6 nitrogen and oxygen atoms in total. The van der Waals surface area contributed by atoms with Crippen molar-refractivity contribution >= 4 is 11.9 Å². The fourth-order valence-electron chi connectivity index (χ4n) is 1.88. The number of hydrogen-bond acceptors (Lipinski definition) is 5. The largest absolute Gasteiger partial charge is 0.449 e. The summed E-state index contributed by atoms with van der Waals surface area (Å²) in [5.74, 6) is -1.50. The molecule has 1 aliphatic heterocycles. The summed E-state index contributed by atoms with van der Waals surface area (Å²) in [6.07, 6.45) is 4.54. The summed E-state index contributed by atoms with van der Waals surface area (Å²) >= 11 is 0. The van der Waals surface area contributed by atoms with Crippen LogP contribution in [0.1, 0.15) is 46.0 Å². The fourth-order valence-corrected chi connectivity index (χ4v) is 1.88. The Morgan fingerprint density at radius 1 is 1.48 bits per heavy atom. The molecule has 1 rings (SSSR count). The van der Waals surface area contributed by atoms with Crippen LogP contribution in [-0.4, -0.2) is 30.9 Å². The van der Waals surface area contributed by atoms with Gasteiger partial charge >= 0.3 is 6.09 Å². The highest BCUT2D eigenvalue weighted by molar-refractivity contribution is 6.02. The first kappa shape index (κ1) is 17.4. The van der Waals surface area contributed by atoms with Gasteiger partial charge in [0.05, 0.1) is 12.7 Å². The number of alkyl carbamates (subject to hydrolysis) is 1. The van der Waals surface area contributed by atoms with Crippen LogP contribution in [0.4, 0.5) is 9.18 Å². The van der Waals surface area contributed by atoms with E-state index in [-0.39, 0.29) is 18.9 Å². The van der Waals surface area contributed by atoms with Crippen LogP contribution in [0.3, 0.4) is 0 Å². The number of amidine groups is 1. The van der Waals surface area contributed by atoms with E-state index >= 15 is 0 Å². The van der Waals surface area contributed by atoms with Crippen LogP contribution >= 0.6 is 0 Å². The maximum Gasteiger partial charge on any atom is 0.412 e. The van der Waals surface area contributed by atoms with Crippen LogP contribution in [0.2, 0.25) is 0 Å². The van der Waals surface area contributed by atoms with Crippen molar-refractivity contribution in [1.82, 2.24) is 10.6 Å². The van der Waals surface area contributed by atoms with E-state index in [1.807, 2.05) is 19.2 Å². The Labute approximate surface area is 124 Å². The van der Waals surface area contributed by atoms with E-state index in [4.69, 9.17) is 14.9 Å². The third-order valence-electron chi connectivity index (χ3n) is 3.07. The van der Waals surface area contributed by atoms with Crippen molar-refractivity contribution in [3.63, 3.8) is 0 Å². The van der Waals surface area contributed by atoms with Crippen molar-refractivity contribution < 1.29 is 18.7 Å². The van der Waals surface area contributed by atoms with Crippen LogP contribution < -0.4 is 10.6 Å². The van der Waals surface area contributed by atoms with Crippen LogP contribution in [0.5, 0.6) is 0 Å². The van der Waals surface area contributed by atoms with Gasteiger partial charge in [0.15, 0.2) is 11.7 Å². The molecular weight excluding hydrogens is 277 g/mol. The molecule has 0 saturated carbocycles. The number of unbranched alkanes of at least 4 members (excludes halogenated alkanes) is 2. The van der Waals surface area contributed by atoms with E-state index in [2.05, 4.69) is 5.32 Å². The maximum atomic E-state index is 13.6. The number of amides is 1. The summed E-state index contributed by atoms with van der Waals surface area (Å²) in [7, 11) is 0. The van der Waals surface area contributed by atoms with Gasteiger partial charge in [0.2, 0.25) is 0 Å². The molecule has 0 aromatic rings. The highest BCUT2D eigenvalue weighted by Gasteiger charge is 2.20. The lowest BCUT2D eigenvalue weighted by Crippen LogP contribution is -2.32. The van der Waals surface area contributed by atoms with Crippen LogP contribution in [-0.2, 0) is 9.47 Å². The minimum absolute atomic E-state index is 0.148. The number of nitrogens with one attached hydrogen (secondary N) is 3. The standard InChI is InChI=1S/C14H24FN3O3/c1-3-4-5-8-20-14(19)18-13(16)11(15)9-17-12-7-6-10(2)21-12/h9-10,12,17H,3-8H2,1-2H3,(H2,16,18,19)/b11-9+/t10-,12-/m1/s1. The van der Waals surface area contributed by atoms with Crippen LogP contribution in [0.15, 0.2) is 12.0 Å². The van der Waals surface area contributed by atoms with Gasteiger partial charge in [0.25, 0.3) is 0 Å². The highest BCUT2D eigenvalue weighted by atomic mass is 19.1. The molecule has 120 valence electrons. The van der Waals surface area contributed by atoms with Gasteiger partial charge in [0, 0.05) is 6.20 Å². The molecule has 0 spiro atoms. The monoisotopic (exact) mass is 301 g/mol. The SMILES string of the molecule is CCCCCOC(=O)NC(=N)/C(F)=C\N[C@H]1CC[C@@H](C)O1. The zero-order valence-corrected chi connectivity index (χ0v) is 12.6. The van der Waals surface area contributed by atoms with Gasteiger partial charge in [0.1, 0.15) is 6.23 Å². The Hall–Kier alpha value is -1.63. The summed E-state index contributed by atoms with van der Waals surface area (Å²) in [5, 5.41) is 12.2. The van der Waals surface area contributed by atoms with Crippen molar-refractivity contribution in [3.8, 4) is 0 Å². The number of carbonyl (C=O) groups is 1. The summed E-state index contributed by atoms with van der Waals surface area (Å²) < 4.78 is 23.9. The molecule has 3 N–H and O–H groups in total. The Bertz CT molecular complexity index is 388. The van der Waals surface area contributed by atoms with Gasteiger partial charge in [-0.3, -0.25) is 10.7 Å². The molecule has 0 radical (unpaired) electrons. The lowest BCUT2D eigenvalue weighted by molar-refractivity contribution is 0.0435. The normalized spacial score (nSPS) is 22.0. The van der Waals surface area contributed by atoms with E-state index in [1.165, 1.54) is 0 Å². The van der Waals surface area contributed by atoms with E-state index in [0.29, 0.717) is 0 Å². The third-order valence-corrected chi connectivity index (χ3v) is 3.07. The zero-order valence-electron chi connectivity index (χ0n) is 12.6. The first-order valence-electron chi connectivity index (χ1n) is 7.32. The molecule has 21 heavy (non-hydrogen) atoms. The minimum atomic E-state index is -0.872. The molecule has 0 bridgehead atoms. The molecule has 1 amide bonds. The average Bonchev–Trinajstić information content (AvgIpc) is 2.86. The number of rotatable bonds is 7. The fraction of sp³-hybridized carbons (Fsp3) is 0.714. The first-order chi connectivity index (χ1) is 10.0. The molecule has 0 aliphatic carbocycles. The van der Waals surface area contributed by atoms with Crippen molar-refractivity contribution in [1.29, 1.82) is 5.41 Å². The Kier molecular flexibility index (Phi) is 7.74. The molecule has 1 aliphatic rings. The molecule has 1 saturated heterocycles. The molecule has 1 fully saturated rings. The van der Waals surface area contributed by atoms with E-state index < -0.39 is 17.8 Å². The second-order valence-corrected chi connectivity index (χ2v) is 5.01. The van der Waals surface area contributed by atoms with Crippen LogP contribution in [0, 0.1) is 5.41 Å². The van der Waals surface area contributed by atoms with Gasteiger partial charge in [-0.2, -0.15) is 0 Å². The molecule has 2 atom stereocenters. The second-order valence-electron chi connectivity index (χ2n) is 5.01. The van der Waals surface area contributed by atoms with E-state index in [9.17, 15) is 9.18 Å². The summed E-state index contributed by atoms with van der Waals surface area (Å²) in [6, 6.07) is 0. The first-order valence-corrected chi connectivity index (χ1v) is 7.32. The lowest BCUT2D eigenvalue weighted by atomic mass is 10.2. The second kappa shape index (κ2) is 9.33. The number of hydrogen-bond donors (Lipinski definition) is 3. The Morgan fingerprint density at radius 2 is 2.24 bits per heavy atom. The van der Waals surface area contributed by atoms with Gasteiger partial charge in [-0.25, -0.2) is 9.18 Å². The van der Waals surface area contributed by atoms with Crippen molar-refractivity contribution in [2.45, 2.75) is 58.3 Å². The molecule has 0 unspecified atom stereocenters. The molecule has 0 aromatic heterocycles. The number of ether oxygens (including phenoxy) is 2. The Morgan fingerprint density at radius 3 is 2.86 bits per heavy atom. The van der Waals surface area contributed by atoms with Gasteiger partial charge in [-0.1, -0.05) is 19.8 Å². The number of carbonyl (C=O) groups excluding carboxylic acids is 1. The van der Waals surface area contributed by atoms with Crippen molar-refractivity contribution in [3.05, 3.63) is 12.0 Å². The summed E-state index contributed by atoms with van der Waals surface area (Å²) in [5.41, 5.74) is 0. The predicted molar refractivity (Wildman–Crippen MR) is 77.6 cm³/mol. The van der Waals surface area contributed by atoms with Crippen molar-refractivity contribution in [2.24, 2.45) is 0 Å². The smallest absolute Gasteiger partial charge is 0.412 e. The van der Waals surface area contributed by atoms with Gasteiger partial charge < -0.3 is 14.8 Å².